The van der Waals surface area contributed by atoms with Gasteiger partial charge >= 0.3 is 0 Å². The van der Waals surface area contributed by atoms with E-state index < -0.39 is 0 Å². The minimum Gasteiger partial charge on any atom is -0.350 e. The summed E-state index contributed by atoms with van der Waals surface area (Å²) in [5.41, 5.74) is 3.88. The first-order valence-electron chi connectivity index (χ1n) is 6.87. The first-order chi connectivity index (χ1) is 9.84. The van der Waals surface area contributed by atoms with Crippen LogP contribution in [0.2, 0.25) is 0 Å². The Morgan fingerprint density at radius 1 is 0.650 bits per heavy atom. The van der Waals surface area contributed by atoms with Crippen molar-refractivity contribution in [3.8, 4) is 11.1 Å². The molecule has 3 aromatic carbocycles. The predicted octanol–water partition coefficient (Wildman–Crippen LogP) is 5.00. The summed E-state index contributed by atoms with van der Waals surface area (Å²) < 4.78 is 2.20. The Hall–Kier alpha value is -2.54. The van der Waals surface area contributed by atoms with E-state index in [-0.39, 0.29) is 0 Å². The fraction of sp³-hybridized carbons (Fsp3) is 0.0526. The predicted molar refractivity (Wildman–Crippen MR) is 85.9 cm³/mol. The third kappa shape index (κ3) is 1.56. The van der Waals surface area contributed by atoms with E-state index in [0.29, 0.717) is 0 Å². The average Bonchev–Trinajstić information content (AvgIpc) is 2.84. The molecular formula is C19H15N. The molecule has 1 heterocycles. The maximum absolute atomic E-state index is 2.23. The van der Waals surface area contributed by atoms with E-state index >= 15 is 0 Å². The van der Waals surface area contributed by atoms with Crippen molar-refractivity contribution < 1.29 is 0 Å². The molecular weight excluding hydrogens is 242 g/mol. The van der Waals surface area contributed by atoms with Crippen molar-refractivity contribution >= 4 is 21.7 Å². The number of nitrogens with zero attached hydrogens (tertiary/aromatic N) is 1. The van der Waals surface area contributed by atoms with E-state index in [1.807, 2.05) is 0 Å². The van der Waals surface area contributed by atoms with Crippen molar-refractivity contribution in [3.05, 3.63) is 72.9 Å². The van der Waals surface area contributed by atoms with Gasteiger partial charge in [0, 0.05) is 29.7 Å². The molecule has 1 heteroatoms. The molecule has 0 unspecified atom stereocenters. The molecule has 0 amide bonds. The Morgan fingerprint density at radius 2 is 1.35 bits per heavy atom. The molecule has 4 rings (SSSR count). The number of rotatable bonds is 1. The van der Waals surface area contributed by atoms with Crippen LogP contribution in [0, 0.1) is 0 Å². The number of aromatic nitrogens is 1. The molecule has 1 aromatic heterocycles. The van der Waals surface area contributed by atoms with Crippen molar-refractivity contribution in [1.82, 2.24) is 4.57 Å². The number of aryl methyl sites for hydroxylation is 1. The summed E-state index contributed by atoms with van der Waals surface area (Å²) in [4.78, 5) is 0. The molecule has 0 bridgehead atoms. The second-order valence-corrected chi connectivity index (χ2v) is 5.20. The zero-order valence-corrected chi connectivity index (χ0v) is 11.4. The minimum absolute atomic E-state index is 1.27. The topological polar surface area (TPSA) is 4.93 Å². The summed E-state index contributed by atoms with van der Waals surface area (Å²) in [6.45, 7) is 0. The van der Waals surface area contributed by atoms with Gasteiger partial charge in [-0.15, -0.1) is 0 Å². The lowest BCUT2D eigenvalue weighted by Crippen LogP contribution is -1.82. The highest BCUT2D eigenvalue weighted by Crippen LogP contribution is 2.34. The van der Waals surface area contributed by atoms with Crippen molar-refractivity contribution in [2.24, 2.45) is 7.05 Å². The smallest absolute Gasteiger partial charge is 0.0484 e. The lowest BCUT2D eigenvalue weighted by atomic mass is 9.98. The summed E-state index contributed by atoms with van der Waals surface area (Å²) in [7, 11) is 2.11. The molecule has 0 fully saturated rings. The average molecular weight is 257 g/mol. The normalized spacial score (nSPS) is 11.2. The van der Waals surface area contributed by atoms with E-state index in [2.05, 4.69) is 84.5 Å². The van der Waals surface area contributed by atoms with Crippen LogP contribution in [0.1, 0.15) is 0 Å². The van der Waals surface area contributed by atoms with Crippen LogP contribution < -0.4 is 0 Å². The molecule has 0 aliphatic heterocycles. The Bertz CT molecular complexity index is 910. The molecule has 0 saturated heterocycles. The zero-order valence-electron chi connectivity index (χ0n) is 11.4. The fourth-order valence-electron chi connectivity index (χ4n) is 3.02. The van der Waals surface area contributed by atoms with Crippen molar-refractivity contribution in [1.29, 1.82) is 0 Å². The van der Waals surface area contributed by atoms with E-state index in [1.165, 1.54) is 32.8 Å². The summed E-state index contributed by atoms with van der Waals surface area (Å²) in [5.74, 6) is 0. The second-order valence-electron chi connectivity index (χ2n) is 5.20. The second kappa shape index (κ2) is 4.24. The Morgan fingerprint density at radius 3 is 2.25 bits per heavy atom. The highest BCUT2D eigenvalue weighted by molar-refractivity contribution is 6.05. The van der Waals surface area contributed by atoms with Gasteiger partial charge in [-0.25, -0.2) is 0 Å². The van der Waals surface area contributed by atoms with E-state index in [4.69, 9.17) is 0 Å². The van der Waals surface area contributed by atoms with Crippen LogP contribution in [0.25, 0.3) is 32.8 Å². The Balaban J connectivity index is 2.12. The summed E-state index contributed by atoms with van der Waals surface area (Å²) in [5, 5.41) is 3.91. The number of benzene rings is 3. The molecule has 4 aromatic rings. The summed E-state index contributed by atoms with van der Waals surface area (Å²) in [6, 6.07) is 23.7. The van der Waals surface area contributed by atoms with Crippen LogP contribution >= 0.6 is 0 Å². The zero-order chi connectivity index (χ0) is 13.5. The van der Waals surface area contributed by atoms with Gasteiger partial charge in [0.2, 0.25) is 0 Å². The molecule has 0 atom stereocenters. The molecule has 0 aliphatic carbocycles. The maximum Gasteiger partial charge on any atom is 0.0484 e. The Labute approximate surface area is 118 Å². The van der Waals surface area contributed by atoms with Gasteiger partial charge in [0.1, 0.15) is 0 Å². The quantitative estimate of drug-likeness (QED) is 0.452. The van der Waals surface area contributed by atoms with Crippen molar-refractivity contribution in [3.63, 3.8) is 0 Å². The molecule has 0 spiro atoms. The molecule has 20 heavy (non-hydrogen) atoms. The SMILES string of the molecule is Cn1cc(-c2cccc3ccccc23)c2ccccc21. The van der Waals surface area contributed by atoms with Gasteiger partial charge in [-0.05, 0) is 22.4 Å². The molecule has 96 valence electrons. The lowest BCUT2D eigenvalue weighted by Gasteiger charge is -2.05. The van der Waals surface area contributed by atoms with Crippen LogP contribution in [0.15, 0.2) is 72.9 Å². The van der Waals surface area contributed by atoms with Gasteiger partial charge in [0.05, 0.1) is 0 Å². The van der Waals surface area contributed by atoms with Gasteiger partial charge in [-0.1, -0.05) is 60.7 Å². The molecule has 1 nitrogen and oxygen atoms in total. The van der Waals surface area contributed by atoms with E-state index in [0.717, 1.165) is 0 Å². The third-order valence-corrected chi connectivity index (χ3v) is 3.98. The van der Waals surface area contributed by atoms with Crippen LogP contribution in [-0.4, -0.2) is 4.57 Å². The van der Waals surface area contributed by atoms with Gasteiger partial charge in [0.15, 0.2) is 0 Å². The molecule has 0 N–H and O–H groups in total. The summed E-state index contributed by atoms with van der Waals surface area (Å²) >= 11 is 0. The third-order valence-electron chi connectivity index (χ3n) is 3.98. The van der Waals surface area contributed by atoms with E-state index in [1.54, 1.807) is 0 Å². The molecule has 0 radical (unpaired) electrons. The molecule has 0 saturated carbocycles. The van der Waals surface area contributed by atoms with Gasteiger partial charge in [-0.2, -0.15) is 0 Å². The maximum atomic E-state index is 2.23. The lowest BCUT2D eigenvalue weighted by molar-refractivity contribution is 0.970. The monoisotopic (exact) mass is 257 g/mol. The molecule has 0 aliphatic rings. The Kier molecular flexibility index (Phi) is 2.40. The van der Waals surface area contributed by atoms with Gasteiger partial charge in [0.25, 0.3) is 0 Å². The largest absolute Gasteiger partial charge is 0.350 e. The summed E-state index contributed by atoms with van der Waals surface area (Å²) in [6.07, 6.45) is 2.23. The first-order valence-corrected chi connectivity index (χ1v) is 6.87. The van der Waals surface area contributed by atoms with Crippen LogP contribution in [-0.2, 0) is 7.05 Å². The van der Waals surface area contributed by atoms with Crippen molar-refractivity contribution in [2.75, 3.05) is 0 Å². The van der Waals surface area contributed by atoms with Gasteiger partial charge in [-0.3, -0.25) is 0 Å². The van der Waals surface area contributed by atoms with Gasteiger partial charge < -0.3 is 4.57 Å². The van der Waals surface area contributed by atoms with Crippen LogP contribution in [0.3, 0.4) is 0 Å². The number of hydrogen-bond donors (Lipinski definition) is 0. The van der Waals surface area contributed by atoms with E-state index in [9.17, 15) is 0 Å². The van der Waals surface area contributed by atoms with Crippen molar-refractivity contribution in [2.45, 2.75) is 0 Å². The van der Waals surface area contributed by atoms with Crippen LogP contribution in [0.5, 0.6) is 0 Å². The number of fused-ring (bicyclic) bond motifs is 2. The highest BCUT2D eigenvalue weighted by Gasteiger charge is 2.10. The first kappa shape index (κ1) is 11.3. The minimum atomic E-state index is 1.27. The van der Waals surface area contributed by atoms with Crippen LogP contribution in [0.4, 0.5) is 0 Å². The number of hydrogen-bond acceptors (Lipinski definition) is 0. The fourth-order valence-corrected chi connectivity index (χ4v) is 3.02. The number of para-hydroxylation sites is 1. The highest BCUT2D eigenvalue weighted by atomic mass is 14.9. The standard InChI is InChI=1S/C19H15N/c1-20-13-18(17-10-4-5-12-19(17)20)16-11-6-8-14-7-2-3-9-15(14)16/h2-13H,1H3.